The number of hydrogen-bond donors (Lipinski definition) is 1. The van der Waals surface area contributed by atoms with E-state index in [2.05, 4.69) is 23.0 Å². The second kappa shape index (κ2) is 8.31. The van der Waals surface area contributed by atoms with E-state index in [9.17, 15) is 4.39 Å². The van der Waals surface area contributed by atoms with Crippen LogP contribution in [-0.2, 0) is 11.3 Å². The zero-order valence-corrected chi connectivity index (χ0v) is 15.4. The van der Waals surface area contributed by atoms with Gasteiger partial charge in [-0.05, 0) is 67.9 Å². The minimum Gasteiger partial charge on any atom is -0.488 e. The third-order valence-electron chi connectivity index (χ3n) is 3.70. The number of aryl methyl sites for hydroxylation is 3. The summed E-state index contributed by atoms with van der Waals surface area (Å²) < 4.78 is 22.8. The van der Waals surface area contributed by atoms with E-state index < -0.39 is 6.86 Å². The lowest BCUT2D eigenvalue weighted by atomic mass is 10.1. The number of alkyl halides is 1. The average Bonchev–Trinajstić information content (AvgIpc) is 2.51. The highest BCUT2D eigenvalue weighted by Crippen LogP contribution is 2.28. The van der Waals surface area contributed by atoms with E-state index in [1.807, 2.05) is 19.9 Å². The Labute approximate surface area is 151 Å². The summed E-state index contributed by atoms with van der Waals surface area (Å²) in [4.78, 5) is 0. The summed E-state index contributed by atoms with van der Waals surface area (Å²) in [6.07, 6.45) is 0. The molecule has 6 heteroatoms. The first-order valence-corrected chi connectivity index (χ1v) is 8.18. The minimum atomic E-state index is -0.986. The van der Waals surface area contributed by atoms with Crippen LogP contribution in [0.2, 0.25) is 5.02 Å². The van der Waals surface area contributed by atoms with Crippen LogP contribution in [0.3, 0.4) is 0 Å². The molecule has 0 aliphatic heterocycles. The van der Waals surface area contributed by atoms with Crippen molar-refractivity contribution in [1.82, 2.24) is 0 Å². The van der Waals surface area contributed by atoms with Gasteiger partial charge in [-0.15, -0.1) is 0 Å². The van der Waals surface area contributed by atoms with Crippen LogP contribution in [0.25, 0.3) is 0 Å². The average molecular weight is 368 g/mol. The molecule has 0 spiro atoms. The molecule has 1 N–H and O–H groups in total. The summed E-state index contributed by atoms with van der Waals surface area (Å²) in [5.41, 5.74) is 4.78. The van der Waals surface area contributed by atoms with Crippen molar-refractivity contribution < 1.29 is 13.9 Å². The zero-order chi connectivity index (χ0) is 17.7. The lowest BCUT2D eigenvalue weighted by Gasteiger charge is -2.16. The Morgan fingerprint density at radius 3 is 2.58 bits per heavy atom. The van der Waals surface area contributed by atoms with Gasteiger partial charge >= 0.3 is 0 Å². The second-order valence-corrected chi connectivity index (χ2v) is 6.20. The molecule has 2 aromatic rings. The van der Waals surface area contributed by atoms with Gasteiger partial charge in [-0.2, -0.15) is 0 Å². The summed E-state index contributed by atoms with van der Waals surface area (Å²) in [6.45, 7) is 5.37. The second-order valence-electron chi connectivity index (χ2n) is 5.42. The predicted octanol–water partition coefficient (Wildman–Crippen LogP) is 5.48. The van der Waals surface area contributed by atoms with Crippen LogP contribution in [0.15, 0.2) is 30.3 Å². The number of benzene rings is 2. The van der Waals surface area contributed by atoms with E-state index in [1.54, 1.807) is 18.2 Å². The van der Waals surface area contributed by atoms with Crippen LogP contribution >= 0.6 is 23.8 Å². The van der Waals surface area contributed by atoms with Gasteiger partial charge in [0.1, 0.15) is 12.4 Å². The molecule has 0 aromatic heterocycles. The Kier molecular flexibility index (Phi) is 6.40. The smallest absolute Gasteiger partial charge is 0.263 e. The van der Waals surface area contributed by atoms with E-state index in [-0.39, 0.29) is 11.8 Å². The molecule has 0 atom stereocenters. The van der Waals surface area contributed by atoms with E-state index in [1.165, 1.54) is 5.56 Å². The number of rotatable bonds is 5. The fraction of sp³-hybridized carbons (Fsp3) is 0.278. The van der Waals surface area contributed by atoms with Gasteiger partial charge in [0.05, 0.1) is 0 Å². The van der Waals surface area contributed by atoms with E-state index in [0.717, 1.165) is 22.4 Å². The van der Waals surface area contributed by atoms with Crippen LogP contribution in [0, 0.1) is 20.8 Å². The highest BCUT2D eigenvalue weighted by atomic mass is 35.5. The SMILES string of the molecule is Cc1cc(C)c(OCc2c(Cl)cccc2NC(=S)OCF)cc1C. The van der Waals surface area contributed by atoms with Gasteiger partial charge < -0.3 is 14.8 Å². The summed E-state index contributed by atoms with van der Waals surface area (Å²) in [6, 6.07) is 9.41. The standard InChI is InChI=1S/C18H19ClFNO2S/c1-11-7-13(3)17(8-12(11)2)22-9-14-15(19)5-4-6-16(14)21-18(24)23-10-20/h4-8H,9-10H2,1-3H3,(H,21,24). The van der Waals surface area contributed by atoms with Crippen molar-refractivity contribution in [2.45, 2.75) is 27.4 Å². The van der Waals surface area contributed by atoms with Crippen molar-refractivity contribution in [2.75, 3.05) is 12.2 Å². The molecule has 0 aliphatic rings. The topological polar surface area (TPSA) is 30.5 Å². The number of hydrogen-bond acceptors (Lipinski definition) is 3. The molecular formula is C18H19ClFNO2S. The molecule has 2 rings (SSSR count). The first kappa shape index (κ1) is 18.5. The molecule has 24 heavy (non-hydrogen) atoms. The largest absolute Gasteiger partial charge is 0.488 e. The van der Waals surface area contributed by atoms with Crippen molar-refractivity contribution in [3.05, 3.63) is 57.6 Å². The molecule has 0 bridgehead atoms. The van der Waals surface area contributed by atoms with Crippen LogP contribution in [0.4, 0.5) is 10.1 Å². The fourth-order valence-corrected chi connectivity index (χ4v) is 2.64. The molecule has 2 aromatic carbocycles. The summed E-state index contributed by atoms with van der Waals surface area (Å²) in [5.74, 6) is 0.798. The van der Waals surface area contributed by atoms with Gasteiger partial charge in [0.2, 0.25) is 6.86 Å². The maximum absolute atomic E-state index is 12.2. The molecule has 0 radical (unpaired) electrons. The molecule has 0 amide bonds. The predicted molar refractivity (Wildman–Crippen MR) is 99.7 cm³/mol. The Morgan fingerprint density at radius 2 is 1.88 bits per heavy atom. The Bertz CT molecular complexity index is 752. The van der Waals surface area contributed by atoms with Crippen LogP contribution < -0.4 is 10.1 Å². The fourth-order valence-electron chi connectivity index (χ4n) is 2.26. The lowest BCUT2D eigenvalue weighted by molar-refractivity contribution is 0.184. The van der Waals surface area contributed by atoms with Crippen molar-refractivity contribution in [3.63, 3.8) is 0 Å². The highest BCUT2D eigenvalue weighted by Gasteiger charge is 2.11. The minimum absolute atomic E-state index is 0.0524. The van der Waals surface area contributed by atoms with Crippen molar-refractivity contribution >= 4 is 34.7 Å². The molecule has 0 aliphatic carbocycles. The molecule has 0 saturated heterocycles. The van der Waals surface area contributed by atoms with E-state index >= 15 is 0 Å². The summed E-state index contributed by atoms with van der Waals surface area (Å²) in [5, 5.41) is 3.31. The highest BCUT2D eigenvalue weighted by molar-refractivity contribution is 7.80. The third-order valence-corrected chi connectivity index (χ3v) is 4.28. The molecule has 3 nitrogen and oxygen atoms in total. The number of thiocarbonyl (C=S) groups is 1. The molecule has 0 fully saturated rings. The summed E-state index contributed by atoms with van der Waals surface area (Å²) in [7, 11) is 0. The van der Waals surface area contributed by atoms with Gasteiger partial charge in [0.25, 0.3) is 5.17 Å². The number of nitrogens with one attached hydrogen (secondary N) is 1. The molecule has 0 saturated carbocycles. The maximum Gasteiger partial charge on any atom is 0.263 e. The van der Waals surface area contributed by atoms with Gasteiger partial charge in [0.15, 0.2) is 0 Å². The molecule has 0 heterocycles. The molecule has 0 unspecified atom stereocenters. The van der Waals surface area contributed by atoms with Crippen LogP contribution in [0.5, 0.6) is 5.75 Å². The Morgan fingerprint density at radius 1 is 1.17 bits per heavy atom. The van der Waals surface area contributed by atoms with Crippen molar-refractivity contribution in [1.29, 1.82) is 0 Å². The van der Waals surface area contributed by atoms with E-state index in [4.69, 9.17) is 28.6 Å². The monoisotopic (exact) mass is 367 g/mol. The van der Waals surface area contributed by atoms with Gasteiger partial charge in [-0.3, -0.25) is 0 Å². The quantitative estimate of drug-likeness (QED) is 0.708. The summed E-state index contributed by atoms with van der Waals surface area (Å²) >= 11 is 11.2. The first-order valence-electron chi connectivity index (χ1n) is 7.40. The lowest BCUT2D eigenvalue weighted by Crippen LogP contribution is -2.14. The van der Waals surface area contributed by atoms with Crippen molar-refractivity contribution in [3.8, 4) is 5.75 Å². The van der Waals surface area contributed by atoms with Gasteiger partial charge in [0, 0.05) is 16.3 Å². The normalized spacial score (nSPS) is 10.4. The number of halogens is 2. The molecule has 128 valence electrons. The Balaban J connectivity index is 2.20. The first-order chi connectivity index (χ1) is 11.4. The van der Waals surface area contributed by atoms with Crippen molar-refractivity contribution in [2.24, 2.45) is 0 Å². The third kappa shape index (κ3) is 4.58. The van der Waals surface area contributed by atoms with Crippen LogP contribution in [-0.4, -0.2) is 12.0 Å². The van der Waals surface area contributed by atoms with Gasteiger partial charge in [-0.1, -0.05) is 23.7 Å². The Hall–Kier alpha value is -1.85. The van der Waals surface area contributed by atoms with E-state index in [0.29, 0.717) is 10.7 Å². The zero-order valence-electron chi connectivity index (χ0n) is 13.8. The number of anilines is 1. The number of ether oxygens (including phenoxy) is 2. The van der Waals surface area contributed by atoms with Crippen LogP contribution in [0.1, 0.15) is 22.3 Å². The molecular weight excluding hydrogens is 349 g/mol. The maximum atomic E-state index is 12.2. The van der Waals surface area contributed by atoms with Gasteiger partial charge in [-0.25, -0.2) is 4.39 Å².